The minimum Gasteiger partial charge on any atom is -0.393 e. The average Bonchev–Trinajstić information content (AvgIpc) is 2.39. The fraction of sp³-hybridized carbons (Fsp3) is 0.357. The summed E-state index contributed by atoms with van der Waals surface area (Å²) < 4.78 is 0. The standard InChI is InChI=1S/C14H18N4S/c1-9(13(15)19)8-18(3)14-12-7-5-4-6-11(12)10(2)16-17-14/h4-7,9H,8H2,1-3H3,(H2,15,19). The number of fused-ring (bicyclic) bond motifs is 1. The van der Waals surface area contributed by atoms with Crippen molar-refractivity contribution in [1.82, 2.24) is 10.2 Å². The first kappa shape index (κ1) is 13.7. The molecule has 1 atom stereocenters. The maximum Gasteiger partial charge on any atom is 0.158 e. The number of thiocarbonyl (C=S) groups is 1. The maximum atomic E-state index is 5.67. The van der Waals surface area contributed by atoms with Gasteiger partial charge in [-0.2, -0.15) is 5.10 Å². The molecule has 19 heavy (non-hydrogen) atoms. The van der Waals surface area contributed by atoms with Crippen LogP contribution in [0.2, 0.25) is 0 Å². The molecular weight excluding hydrogens is 256 g/mol. The summed E-state index contributed by atoms with van der Waals surface area (Å²) in [6.07, 6.45) is 0. The molecule has 100 valence electrons. The topological polar surface area (TPSA) is 55.0 Å². The van der Waals surface area contributed by atoms with Crippen molar-refractivity contribution in [3.63, 3.8) is 0 Å². The minimum atomic E-state index is 0.141. The first-order valence-corrected chi connectivity index (χ1v) is 6.64. The number of anilines is 1. The highest BCUT2D eigenvalue weighted by atomic mass is 32.1. The molecule has 2 aromatic rings. The summed E-state index contributed by atoms with van der Waals surface area (Å²) in [7, 11) is 1.99. The van der Waals surface area contributed by atoms with Crippen molar-refractivity contribution < 1.29 is 0 Å². The largest absolute Gasteiger partial charge is 0.393 e. The molecule has 1 heterocycles. The molecule has 2 N–H and O–H groups in total. The van der Waals surface area contributed by atoms with Crippen LogP contribution in [0.3, 0.4) is 0 Å². The van der Waals surface area contributed by atoms with Gasteiger partial charge in [0, 0.05) is 30.3 Å². The Morgan fingerprint density at radius 3 is 2.58 bits per heavy atom. The third-order valence-electron chi connectivity index (χ3n) is 3.25. The highest BCUT2D eigenvalue weighted by Crippen LogP contribution is 2.25. The summed E-state index contributed by atoms with van der Waals surface area (Å²) in [5.41, 5.74) is 6.61. The lowest BCUT2D eigenvalue weighted by Crippen LogP contribution is -2.32. The van der Waals surface area contributed by atoms with Gasteiger partial charge in [0.25, 0.3) is 0 Å². The Morgan fingerprint density at radius 2 is 1.95 bits per heavy atom. The molecule has 0 aliphatic carbocycles. The Morgan fingerprint density at radius 1 is 1.32 bits per heavy atom. The van der Waals surface area contributed by atoms with Crippen LogP contribution < -0.4 is 10.6 Å². The van der Waals surface area contributed by atoms with Gasteiger partial charge in [-0.25, -0.2) is 0 Å². The zero-order chi connectivity index (χ0) is 14.0. The summed E-state index contributed by atoms with van der Waals surface area (Å²) >= 11 is 5.02. The van der Waals surface area contributed by atoms with Crippen molar-refractivity contribution in [2.75, 3.05) is 18.5 Å². The Bertz CT molecular complexity index is 611. The maximum absolute atomic E-state index is 5.67. The number of rotatable bonds is 4. The lowest BCUT2D eigenvalue weighted by Gasteiger charge is -2.22. The Balaban J connectivity index is 2.40. The van der Waals surface area contributed by atoms with Gasteiger partial charge in [0.05, 0.1) is 10.7 Å². The van der Waals surface area contributed by atoms with E-state index in [0.29, 0.717) is 4.99 Å². The molecule has 0 radical (unpaired) electrons. The second kappa shape index (κ2) is 5.48. The average molecular weight is 274 g/mol. The van der Waals surface area contributed by atoms with Crippen molar-refractivity contribution in [1.29, 1.82) is 0 Å². The van der Waals surface area contributed by atoms with E-state index in [0.717, 1.165) is 28.8 Å². The molecule has 1 aromatic carbocycles. The van der Waals surface area contributed by atoms with E-state index in [4.69, 9.17) is 18.0 Å². The van der Waals surface area contributed by atoms with Crippen molar-refractivity contribution in [2.24, 2.45) is 11.7 Å². The number of hydrogen-bond acceptors (Lipinski definition) is 4. The van der Waals surface area contributed by atoms with Crippen LogP contribution in [0, 0.1) is 12.8 Å². The van der Waals surface area contributed by atoms with Gasteiger partial charge in [0.15, 0.2) is 5.82 Å². The van der Waals surface area contributed by atoms with Crippen LogP contribution in [-0.4, -0.2) is 28.8 Å². The van der Waals surface area contributed by atoms with Gasteiger partial charge >= 0.3 is 0 Å². The van der Waals surface area contributed by atoms with Gasteiger partial charge in [-0.15, -0.1) is 5.10 Å². The smallest absolute Gasteiger partial charge is 0.158 e. The Hall–Kier alpha value is -1.75. The Labute approximate surface area is 118 Å². The van der Waals surface area contributed by atoms with Crippen molar-refractivity contribution in [3.05, 3.63) is 30.0 Å². The first-order chi connectivity index (χ1) is 9.00. The van der Waals surface area contributed by atoms with Crippen molar-refractivity contribution >= 4 is 33.8 Å². The molecular formula is C14H18N4S. The van der Waals surface area contributed by atoms with Gasteiger partial charge in [0.2, 0.25) is 0 Å². The lowest BCUT2D eigenvalue weighted by molar-refractivity contribution is 0.731. The molecule has 0 fully saturated rings. The van der Waals surface area contributed by atoms with Crippen molar-refractivity contribution in [3.8, 4) is 0 Å². The molecule has 1 aromatic heterocycles. The highest BCUT2D eigenvalue weighted by molar-refractivity contribution is 7.80. The van der Waals surface area contributed by atoms with Crippen LogP contribution in [0.4, 0.5) is 5.82 Å². The highest BCUT2D eigenvalue weighted by Gasteiger charge is 2.14. The van der Waals surface area contributed by atoms with Crippen LogP contribution in [-0.2, 0) is 0 Å². The molecule has 4 nitrogen and oxygen atoms in total. The zero-order valence-electron chi connectivity index (χ0n) is 11.4. The van der Waals surface area contributed by atoms with Crippen LogP contribution >= 0.6 is 12.2 Å². The minimum absolute atomic E-state index is 0.141. The van der Waals surface area contributed by atoms with Gasteiger partial charge in [-0.05, 0) is 6.92 Å². The first-order valence-electron chi connectivity index (χ1n) is 6.23. The van der Waals surface area contributed by atoms with Crippen LogP contribution in [0.15, 0.2) is 24.3 Å². The lowest BCUT2D eigenvalue weighted by atomic mass is 10.1. The molecule has 0 aliphatic rings. The number of benzene rings is 1. The van der Waals surface area contributed by atoms with E-state index < -0.39 is 0 Å². The fourth-order valence-corrected chi connectivity index (χ4v) is 2.17. The molecule has 0 saturated carbocycles. The van der Waals surface area contributed by atoms with Gasteiger partial charge in [0.1, 0.15) is 0 Å². The third kappa shape index (κ3) is 2.81. The predicted molar refractivity (Wildman–Crippen MR) is 83.5 cm³/mol. The third-order valence-corrected chi connectivity index (χ3v) is 3.65. The van der Waals surface area contributed by atoms with Crippen LogP contribution in [0.5, 0.6) is 0 Å². The van der Waals surface area contributed by atoms with E-state index in [2.05, 4.69) is 27.2 Å². The molecule has 0 saturated heterocycles. The number of nitrogens with two attached hydrogens (primary N) is 1. The quantitative estimate of drug-likeness (QED) is 0.867. The van der Waals surface area contributed by atoms with Gasteiger partial charge in [-0.1, -0.05) is 43.4 Å². The molecule has 0 spiro atoms. The predicted octanol–water partition coefficient (Wildman–Crippen LogP) is 2.30. The fourth-order valence-electron chi connectivity index (χ4n) is 2.09. The van der Waals surface area contributed by atoms with E-state index in [1.54, 1.807) is 0 Å². The number of hydrogen-bond donors (Lipinski definition) is 1. The van der Waals surface area contributed by atoms with Crippen LogP contribution in [0.25, 0.3) is 10.8 Å². The summed E-state index contributed by atoms with van der Waals surface area (Å²) in [6, 6.07) is 8.15. The molecule has 0 aliphatic heterocycles. The van der Waals surface area contributed by atoms with Crippen molar-refractivity contribution in [2.45, 2.75) is 13.8 Å². The van der Waals surface area contributed by atoms with Gasteiger partial charge < -0.3 is 10.6 Å². The van der Waals surface area contributed by atoms with E-state index in [-0.39, 0.29) is 5.92 Å². The summed E-state index contributed by atoms with van der Waals surface area (Å²) in [5, 5.41) is 10.8. The second-order valence-corrected chi connectivity index (χ2v) is 5.31. The number of aryl methyl sites for hydroxylation is 1. The normalized spacial score (nSPS) is 12.4. The molecule has 1 unspecified atom stereocenters. The Kier molecular flexibility index (Phi) is 3.95. The summed E-state index contributed by atoms with van der Waals surface area (Å²) in [4.78, 5) is 2.58. The SMILES string of the molecule is Cc1nnc(N(C)CC(C)C(N)=S)c2ccccc12. The molecule has 2 rings (SSSR count). The van der Waals surface area contributed by atoms with E-state index in [1.165, 1.54) is 0 Å². The monoisotopic (exact) mass is 274 g/mol. The number of nitrogens with zero attached hydrogens (tertiary/aromatic N) is 3. The molecule has 0 bridgehead atoms. The number of aromatic nitrogens is 2. The van der Waals surface area contributed by atoms with E-state index in [9.17, 15) is 0 Å². The zero-order valence-corrected chi connectivity index (χ0v) is 12.2. The summed E-state index contributed by atoms with van der Waals surface area (Å²) in [5.74, 6) is 1.01. The second-order valence-electron chi connectivity index (χ2n) is 4.84. The van der Waals surface area contributed by atoms with Gasteiger partial charge in [-0.3, -0.25) is 0 Å². The summed E-state index contributed by atoms with van der Waals surface area (Å²) in [6.45, 7) is 4.72. The molecule has 5 heteroatoms. The van der Waals surface area contributed by atoms with E-state index in [1.807, 2.05) is 33.0 Å². The molecule has 0 amide bonds. The van der Waals surface area contributed by atoms with Crippen LogP contribution in [0.1, 0.15) is 12.6 Å². The van der Waals surface area contributed by atoms with E-state index >= 15 is 0 Å².